The predicted molar refractivity (Wildman–Crippen MR) is 45.1 cm³/mol. The topological polar surface area (TPSA) is 63.6 Å². The summed E-state index contributed by atoms with van der Waals surface area (Å²) in [5, 5.41) is 8.78. The Bertz CT molecular complexity index is 222. The minimum Gasteiger partial charge on any atom is -0.481 e. The molecule has 4 heteroatoms. The van der Waals surface area contributed by atoms with E-state index in [9.17, 15) is 9.59 Å². The fraction of sp³-hybridized carbons (Fsp3) is 0.778. The zero-order valence-electron chi connectivity index (χ0n) is 7.82. The summed E-state index contributed by atoms with van der Waals surface area (Å²) in [6, 6.07) is 0. The van der Waals surface area contributed by atoms with Gasteiger partial charge < -0.3 is 9.84 Å². The first kappa shape index (κ1) is 10.0. The Morgan fingerprint density at radius 2 is 2.31 bits per heavy atom. The van der Waals surface area contributed by atoms with E-state index >= 15 is 0 Å². The second-order valence-corrected chi connectivity index (χ2v) is 3.81. The molecule has 1 aliphatic heterocycles. The molecule has 2 unspecified atom stereocenters. The van der Waals surface area contributed by atoms with Crippen molar-refractivity contribution in [2.45, 2.75) is 32.8 Å². The van der Waals surface area contributed by atoms with Crippen LogP contribution in [0.15, 0.2) is 0 Å². The Balaban J connectivity index is 2.60. The number of hydrogen-bond donors (Lipinski definition) is 1. The number of carbonyl (C=O) groups is 2. The number of hydrogen-bond acceptors (Lipinski definition) is 3. The van der Waals surface area contributed by atoms with E-state index in [4.69, 9.17) is 9.84 Å². The van der Waals surface area contributed by atoms with Crippen molar-refractivity contribution < 1.29 is 19.4 Å². The van der Waals surface area contributed by atoms with Gasteiger partial charge >= 0.3 is 11.9 Å². The van der Waals surface area contributed by atoms with Crippen LogP contribution in [0.5, 0.6) is 0 Å². The SMILES string of the molecule is CC(C)CC1OC(=O)CC1C(=O)O. The number of cyclic esters (lactones) is 1. The lowest BCUT2D eigenvalue weighted by Gasteiger charge is -2.15. The van der Waals surface area contributed by atoms with Gasteiger partial charge in [-0.1, -0.05) is 13.8 Å². The highest BCUT2D eigenvalue weighted by atomic mass is 16.6. The van der Waals surface area contributed by atoms with E-state index in [1.165, 1.54) is 0 Å². The maximum atomic E-state index is 10.9. The number of aliphatic carboxylic acids is 1. The molecule has 1 fully saturated rings. The Morgan fingerprint density at radius 3 is 2.77 bits per heavy atom. The predicted octanol–water partition coefficient (Wildman–Crippen LogP) is 1.05. The first-order valence-corrected chi connectivity index (χ1v) is 4.43. The Kier molecular flexibility index (Phi) is 2.90. The van der Waals surface area contributed by atoms with E-state index in [-0.39, 0.29) is 6.42 Å². The summed E-state index contributed by atoms with van der Waals surface area (Å²) >= 11 is 0. The molecular formula is C9H14O4. The third kappa shape index (κ3) is 2.44. The first-order valence-electron chi connectivity index (χ1n) is 4.43. The van der Waals surface area contributed by atoms with Crippen LogP contribution in [0.2, 0.25) is 0 Å². The monoisotopic (exact) mass is 186 g/mol. The fourth-order valence-electron chi connectivity index (χ4n) is 1.53. The highest BCUT2D eigenvalue weighted by Crippen LogP contribution is 2.27. The molecule has 0 radical (unpaired) electrons. The number of esters is 1. The molecule has 1 rings (SSSR count). The van der Waals surface area contributed by atoms with E-state index in [1.807, 2.05) is 13.8 Å². The molecule has 0 spiro atoms. The van der Waals surface area contributed by atoms with Gasteiger partial charge in [-0.3, -0.25) is 9.59 Å². The fourth-order valence-corrected chi connectivity index (χ4v) is 1.53. The van der Waals surface area contributed by atoms with Gasteiger partial charge in [0, 0.05) is 0 Å². The van der Waals surface area contributed by atoms with Crippen LogP contribution in [0.1, 0.15) is 26.7 Å². The maximum absolute atomic E-state index is 10.9. The number of carboxylic acids is 1. The highest BCUT2D eigenvalue weighted by Gasteiger charge is 2.39. The van der Waals surface area contributed by atoms with Crippen LogP contribution in [-0.2, 0) is 14.3 Å². The molecule has 74 valence electrons. The molecule has 0 aromatic heterocycles. The van der Waals surface area contributed by atoms with Crippen molar-refractivity contribution in [3.05, 3.63) is 0 Å². The molecule has 0 saturated carbocycles. The Labute approximate surface area is 76.9 Å². The summed E-state index contributed by atoms with van der Waals surface area (Å²) < 4.78 is 4.93. The summed E-state index contributed by atoms with van der Waals surface area (Å²) in [7, 11) is 0. The molecular weight excluding hydrogens is 172 g/mol. The summed E-state index contributed by atoms with van der Waals surface area (Å²) in [4.78, 5) is 21.6. The van der Waals surface area contributed by atoms with Gasteiger partial charge in [0.2, 0.25) is 0 Å². The third-order valence-electron chi connectivity index (χ3n) is 2.14. The zero-order chi connectivity index (χ0) is 10.0. The molecule has 0 aromatic rings. The van der Waals surface area contributed by atoms with Gasteiger partial charge in [-0.25, -0.2) is 0 Å². The van der Waals surface area contributed by atoms with E-state index in [2.05, 4.69) is 0 Å². The van der Waals surface area contributed by atoms with Gasteiger partial charge in [-0.05, 0) is 12.3 Å². The minimum atomic E-state index is -0.934. The second kappa shape index (κ2) is 3.77. The molecule has 0 amide bonds. The summed E-state index contributed by atoms with van der Waals surface area (Å²) in [6.45, 7) is 3.95. The number of carboxylic acid groups (broad SMARTS) is 1. The van der Waals surface area contributed by atoms with Gasteiger partial charge in [-0.15, -0.1) is 0 Å². The maximum Gasteiger partial charge on any atom is 0.310 e. The average Bonchev–Trinajstić information content (AvgIpc) is 2.29. The van der Waals surface area contributed by atoms with Gasteiger partial charge in [0.25, 0.3) is 0 Å². The Hall–Kier alpha value is -1.06. The van der Waals surface area contributed by atoms with Crippen LogP contribution < -0.4 is 0 Å². The number of rotatable bonds is 3. The lowest BCUT2D eigenvalue weighted by molar-refractivity contribution is -0.144. The zero-order valence-corrected chi connectivity index (χ0v) is 7.82. The first-order chi connectivity index (χ1) is 6.00. The summed E-state index contributed by atoms with van der Waals surface area (Å²) in [6.07, 6.45) is 0.222. The lowest BCUT2D eigenvalue weighted by Crippen LogP contribution is -2.25. The van der Waals surface area contributed by atoms with Gasteiger partial charge in [0.1, 0.15) is 12.0 Å². The van der Waals surface area contributed by atoms with E-state index in [0.29, 0.717) is 12.3 Å². The molecule has 2 atom stereocenters. The standard InChI is InChI=1S/C9H14O4/c1-5(2)3-7-6(9(11)12)4-8(10)13-7/h5-7H,3-4H2,1-2H3,(H,11,12). The third-order valence-corrected chi connectivity index (χ3v) is 2.14. The highest BCUT2D eigenvalue weighted by molar-refractivity contribution is 5.82. The number of ether oxygens (including phenoxy) is 1. The van der Waals surface area contributed by atoms with Crippen molar-refractivity contribution in [3.63, 3.8) is 0 Å². The quantitative estimate of drug-likeness (QED) is 0.669. The Morgan fingerprint density at radius 1 is 1.69 bits per heavy atom. The smallest absolute Gasteiger partial charge is 0.310 e. The average molecular weight is 186 g/mol. The largest absolute Gasteiger partial charge is 0.481 e. The molecule has 1 heterocycles. The second-order valence-electron chi connectivity index (χ2n) is 3.81. The van der Waals surface area contributed by atoms with Crippen LogP contribution in [0.4, 0.5) is 0 Å². The minimum absolute atomic E-state index is 0.0206. The van der Waals surface area contributed by atoms with Gasteiger partial charge in [0.15, 0.2) is 0 Å². The molecule has 1 saturated heterocycles. The van der Waals surface area contributed by atoms with E-state index < -0.39 is 24.0 Å². The van der Waals surface area contributed by atoms with Crippen LogP contribution in [0.25, 0.3) is 0 Å². The van der Waals surface area contributed by atoms with Crippen molar-refractivity contribution in [2.75, 3.05) is 0 Å². The van der Waals surface area contributed by atoms with Gasteiger partial charge in [0.05, 0.1) is 6.42 Å². The van der Waals surface area contributed by atoms with Crippen molar-refractivity contribution in [1.82, 2.24) is 0 Å². The number of carbonyl (C=O) groups excluding carboxylic acids is 1. The van der Waals surface area contributed by atoms with Crippen molar-refractivity contribution in [2.24, 2.45) is 11.8 Å². The van der Waals surface area contributed by atoms with Crippen molar-refractivity contribution in [3.8, 4) is 0 Å². The van der Waals surface area contributed by atoms with Crippen LogP contribution >= 0.6 is 0 Å². The molecule has 0 bridgehead atoms. The van der Waals surface area contributed by atoms with E-state index in [1.54, 1.807) is 0 Å². The summed E-state index contributed by atoms with van der Waals surface area (Å²) in [5.74, 6) is -1.62. The molecule has 0 aromatic carbocycles. The van der Waals surface area contributed by atoms with Crippen molar-refractivity contribution in [1.29, 1.82) is 0 Å². The molecule has 13 heavy (non-hydrogen) atoms. The summed E-state index contributed by atoms with van der Waals surface area (Å²) in [5.41, 5.74) is 0. The molecule has 1 N–H and O–H groups in total. The van der Waals surface area contributed by atoms with Crippen LogP contribution in [0, 0.1) is 11.8 Å². The van der Waals surface area contributed by atoms with Crippen molar-refractivity contribution >= 4 is 11.9 Å². The van der Waals surface area contributed by atoms with Gasteiger partial charge in [-0.2, -0.15) is 0 Å². The van der Waals surface area contributed by atoms with E-state index in [0.717, 1.165) is 0 Å². The lowest BCUT2D eigenvalue weighted by atomic mass is 9.94. The van der Waals surface area contributed by atoms with Crippen LogP contribution in [0.3, 0.4) is 0 Å². The molecule has 4 nitrogen and oxygen atoms in total. The molecule has 1 aliphatic rings. The molecule has 0 aliphatic carbocycles. The normalized spacial score (nSPS) is 27.8. The van der Waals surface area contributed by atoms with Crippen LogP contribution in [-0.4, -0.2) is 23.1 Å².